The van der Waals surface area contributed by atoms with E-state index in [1.54, 1.807) is 0 Å². The molecule has 4 heteroatoms. The number of hydrogen-bond donors (Lipinski definition) is 2. The van der Waals surface area contributed by atoms with Crippen molar-refractivity contribution >= 4 is 33.6 Å². The molecule has 0 saturated carbocycles. The predicted octanol–water partition coefficient (Wildman–Crippen LogP) is 6.47. The molecule has 0 saturated heterocycles. The van der Waals surface area contributed by atoms with Crippen molar-refractivity contribution in [3.63, 3.8) is 0 Å². The third-order valence-electron chi connectivity index (χ3n) is 5.59. The molecule has 1 aliphatic carbocycles. The number of nitrogens with one attached hydrogen (secondary N) is 2. The first-order chi connectivity index (χ1) is 15.2. The molecule has 0 atom stereocenters. The Balaban J connectivity index is 1.63. The molecule has 0 aliphatic heterocycles. The molecule has 31 heavy (non-hydrogen) atoms. The minimum Gasteiger partial charge on any atom is -0.456 e. The molecule has 4 aromatic rings. The first-order valence-electron chi connectivity index (χ1n) is 10.5. The zero-order valence-corrected chi connectivity index (χ0v) is 17.4. The van der Waals surface area contributed by atoms with Crippen LogP contribution in [0.25, 0.3) is 33.1 Å². The number of hydrogen-bond acceptors (Lipinski definition) is 2. The highest BCUT2D eigenvalue weighted by Crippen LogP contribution is 2.34. The number of aliphatic imine (C=N–C) groups is 1. The number of fused-ring (bicyclic) bond motifs is 3. The summed E-state index contributed by atoms with van der Waals surface area (Å²) in [6.45, 7) is 0. The van der Waals surface area contributed by atoms with Crippen molar-refractivity contribution in [2.75, 3.05) is 7.05 Å². The fourth-order valence-electron chi connectivity index (χ4n) is 4.05. The Hall–Kier alpha value is -3.92. The van der Waals surface area contributed by atoms with Crippen molar-refractivity contribution in [3.05, 3.63) is 96.1 Å². The van der Waals surface area contributed by atoms with Gasteiger partial charge >= 0.3 is 0 Å². The Morgan fingerprint density at radius 3 is 2.58 bits per heavy atom. The highest BCUT2D eigenvalue weighted by atomic mass is 16.3. The number of furan rings is 1. The van der Waals surface area contributed by atoms with Gasteiger partial charge in [-0.15, -0.1) is 0 Å². The number of allylic oxidation sites excluding steroid dienone is 2. The van der Waals surface area contributed by atoms with E-state index in [2.05, 4.69) is 52.8 Å². The van der Waals surface area contributed by atoms with Gasteiger partial charge < -0.3 is 9.73 Å². The van der Waals surface area contributed by atoms with Crippen LogP contribution < -0.4 is 5.32 Å². The molecule has 0 amide bonds. The monoisotopic (exact) mass is 405 g/mol. The topological polar surface area (TPSA) is 61.4 Å². The second kappa shape index (κ2) is 8.07. The van der Waals surface area contributed by atoms with Crippen LogP contribution >= 0.6 is 0 Å². The van der Waals surface area contributed by atoms with Crippen LogP contribution in [0.1, 0.15) is 18.4 Å². The Bertz CT molecular complexity index is 1370. The second-order valence-electron chi connectivity index (χ2n) is 7.56. The Kier molecular flexibility index (Phi) is 4.97. The second-order valence-corrected chi connectivity index (χ2v) is 7.56. The summed E-state index contributed by atoms with van der Waals surface area (Å²) in [4.78, 5) is 4.62. The zero-order valence-electron chi connectivity index (χ0n) is 17.4. The predicted molar refractivity (Wildman–Crippen MR) is 129 cm³/mol. The normalized spacial score (nSPS) is 14.1. The highest BCUT2D eigenvalue weighted by Gasteiger charge is 2.16. The molecule has 1 heterocycles. The van der Waals surface area contributed by atoms with Gasteiger partial charge in [0.05, 0.1) is 0 Å². The quantitative estimate of drug-likeness (QED) is 0.303. The van der Waals surface area contributed by atoms with Gasteiger partial charge in [-0.1, -0.05) is 66.8 Å². The highest BCUT2D eigenvalue weighted by molar-refractivity contribution is 6.21. The molecule has 0 unspecified atom stereocenters. The van der Waals surface area contributed by atoms with Crippen LogP contribution in [0.15, 0.2) is 99.9 Å². The molecular weight excluding hydrogens is 382 g/mol. The maximum Gasteiger partial charge on any atom is 0.153 e. The van der Waals surface area contributed by atoms with Gasteiger partial charge in [-0.2, -0.15) is 0 Å². The summed E-state index contributed by atoms with van der Waals surface area (Å²) in [5, 5.41) is 13.7. The van der Waals surface area contributed by atoms with Crippen LogP contribution in [0, 0.1) is 5.41 Å². The summed E-state index contributed by atoms with van der Waals surface area (Å²) in [5.41, 5.74) is 5.71. The third-order valence-corrected chi connectivity index (χ3v) is 5.59. The number of benzene rings is 3. The summed E-state index contributed by atoms with van der Waals surface area (Å²) in [6.07, 6.45) is 8.10. The van der Waals surface area contributed by atoms with E-state index < -0.39 is 0 Å². The van der Waals surface area contributed by atoms with Crippen molar-refractivity contribution in [1.29, 1.82) is 5.41 Å². The molecular formula is C27H23N3O. The number of nitrogens with zero attached hydrogens (tertiary/aromatic N) is 1. The summed E-state index contributed by atoms with van der Waals surface area (Å²) in [7, 11) is 1.84. The van der Waals surface area contributed by atoms with Gasteiger partial charge in [0.25, 0.3) is 0 Å². The molecule has 152 valence electrons. The number of amidine groups is 2. The fourth-order valence-corrected chi connectivity index (χ4v) is 4.05. The first kappa shape index (κ1) is 19.1. The van der Waals surface area contributed by atoms with E-state index in [0.717, 1.165) is 57.0 Å². The Morgan fingerprint density at radius 2 is 1.81 bits per heavy atom. The average molecular weight is 406 g/mol. The standard InChI is InChI=1S/C27H23N3O/c1-29-27(30-26(28)19-11-6-3-7-12-19)22-13-8-14-23-25(22)21-16-15-20(17-24(21)31-23)18-9-4-2-5-10-18/h2,4-6,8-17H,3,7H2,1H3,(H2,28,29,30). The summed E-state index contributed by atoms with van der Waals surface area (Å²) >= 11 is 0. The van der Waals surface area contributed by atoms with Gasteiger partial charge in [0, 0.05) is 29.0 Å². The average Bonchev–Trinajstić information content (AvgIpc) is 3.21. The Morgan fingerprint density at radius 1 is 0.935 bits per heavy atom. The molecule has 0 radical (unpaired) electrons. The molecule has 4 nitrogen and oxygen atoms in total. The summed E-state index contributed by atoms with van der Waals surface area (Å²) in [6, 6.07) is 22.6. The minimum absolute atomic E-state index is 0.261. The Labute approximate surface area is 181 Å². The summed E-state index contributed by atoms with van der Waals surface area (Å²) in [5.74, 6) is 0.918. The van der Waals surface area contributed by atoms with E-state index in [1.807, 2.05) is 49.5 Å². The van der Waals surface area contributed by atoms with Gasteiger partial charge in [-0.25, -0.2) is 4.99 Å². The van der Waals surface area contributed by atoms with Crippen LogP contribution in [-0.4, -0.2) is 18.7 Å². The third kappa shape index (κ3) is 3.57. The smallest absolute Gasteiger partial charge is 0.153 e. The van der Waals surface area contributed by atoms with E-state index in [9.17, 15) is 0 Å². The van der Waals surface area contributed by atoms with E-state index in [1.165, 1.54) is 0 Å². The van der Waals surface area contributed by atoms with Gasteiger partial charge in [0.1, 0.15) is 17.0 Å². The van der Waals surface area contributed by atoms with E-state index in [-0.39, 0.29) is 5.84 Å². The molecule has 5 rings (SSSR count). The van der Waals surface area contributed by atoms with E-state index in [0.29, 0.717) is 5.84 Å². The first-order valence-corrected chi connectivity index (χ1v) is 10.5. The van der Waals surface area contributed by atoms with Crippen LogP contribution in [-0.2, 0) is 0 Å². The van der Waals surface area contributed by atoms with E-state index in [4.69, 9.17) is 9.83 Å². The van der Waals surface area contributed by atoms with Crippen LogP contribution in [0.5, 0.6) is 0 Å². The lowest BCUT2D eigenvalue weighted by molar-refractivity contribution is 0.669. The van der Waals surface area contributed by atoms with Gasteiger partial charge in [0.15, 0.2) is 5.84 Å². The lowest BCUT2D eigenvalue weighted by Gasteiger charge is -2.10. The molecule has 3 aromatic carbocycles. The fraction of sp³-hybridized carbons (Fsp3) is 0.111. The van der Waals surface area contributed by atoms with E-state index >= 15 is 0 Å². The molecule has 1 aromatic heterocycles. The SMILES string of the molecule is CN/C(=N\C(=N)C1=CCCC=C1)c1cccc2oc3cc(-c4ccccc4)ccc3c12. The van der Waals surface area contributed by atoms with Crippen molar-refractivity contribution in [2.24, 2.45) is 4.99 Å². The molecule has 0 spiro atoms. The summed E-state index contributed by atoms with van der Waals surface area (Å²) < 4.78 is 6.21. The van der Waals surface area contributed by atoms with Gasteiger partial charge in [0.2, 0.25) is 0 Å². The van der Waals surface area contributed by atoms with Crippen molar-refractivity contribution in [1.82, 2.24) is 5.32 Å². The van der Waals surface area contributed by atoms with Gasteiger partial charge in [-0.3, -0.25) is 5.41 Å². The molecule has 2 N–H and O–H groups in total. The zero-order chi connectivity index (χ0) is 21.2. The van der Waals surface area contributed by atoms with Crippen molar-refractivity contribution in [2.45, 2.75) is 12.8 Å². The maximum absolute atomic E-state index is 8.45. The van der Waals surface area contributed by atoms with Crippen LogP contribution in [0.2, 0.25) is 0 Å². The van der Waals surface area contributed by atoms with Crippen molar-refractivity contribution in [3.8, 4) is 11.1 Å². The van der Waals surface area contributed by atoms with Crippen LogP contribution in [0.3, 0.4) is 0 Å². The molecule has 1 aliphatic rings. The van der Waals surface area contributed by atoms with Crippen LogP contribution in [0.4, 0.5) is 0 Å². The minimum atomic E-state index is 0.261. The maximum atomic E-state index is 8.45. The van der Waals surface area contributed by atoms with Crippen molar-refractivity contribution < 1.29 is 4.42 Å². The number of rotatable bonds is 3. The lowest BCUT2D eigenvalue weighted by atomic mass is 10.0. The largest absolute Gasteiger partial charge is 0.456 e. The molecule has 0 fully saturated rings. The lowest BCUT2D eigenvalue weighted by Crippen LogP contribution is -2.21. The van der Waals surface area contributed by atoms with Gasteiger partial charge in [-0.05, 0) is 42.2 Å². The molecule has 0 bridgehead atoms.